The van der Waals surface area contributed by atoms with Gasteiger partial charge >= 0.3 is 0 Å². The zero-order valence-electron chi connectivity index (χ0n) is 13.9. The third-order valence-corrected chi connectivity index (χ3v) is 4.14. The Labute approximate surface area is 150 Å². The Morgan fingerprint density at radius 1 is 1.20 bits per heavy atom. The van der Waals surface area contributed by atoms with E-state index in [2.05, 4.69) is 21.0 Å². The van der Waals surface area contributed by atoms with Crippen molar-refractivity contribution in [1.29, 1.82) is 5.26 Å². The number of nitrogens with zero attached hydrogens (tertiary/aromatic N) is 4. The molecule has 3 heterocycles. The standard InChI is InChI=1S/C19H15ClN4O/c1-3-4-18(25)16-5-11(2)14(10-22-16)13-6-12-9-23-19(20)7-15(12)24-17(13)8-21/h5-7,9-10H,3-4H2,1-2H3. The largest absolute Gasteiger partial charge is 0.292 e. The molecular weight excluding hydrogens is 336 g/mol. The first-order chi connectivity index (χ1) is 12.0. The lowest BCUT2D eigenvalue weighted by Gasteiger charge is -2.10. The van der Waals surface area contributed by atoms with Gasteiger partial charge in [-0.15, -0.1) is 0 Å². The third-order valence-electron chi connectivity index (χ3n) is 3.94. The summed E-state index contributed by atoms with van der Waals surface area (Å²) < 4.78 is 0. The number of pyridine rings is 3. The van der Waals surface area contributed by atoms with Gasteiger partial charge in [-0.1, -0.05) is 18.5 Å². The molecule has 0 unspecified atom stereocenters. The molecule has 0 N–H and O–H groups in total. The van der Waals surface area contributed by atoms with Crippen LogP contribution in [0.5, 0.6) is 0 Å². The number of fused-ring (bicyclic) bond motifs is 1. The number of halogens is 1. The first-order valence-corrected chi connectivity index (χ1v) is 8.28. The number of nitriles is 1. The van der Waals surface area contributed by atoms with Crippen LogP contribution in [0.3, 0.4) is 0 Å². The van der Waals surface area contributed by atoms with Crippen LogP contribution in [0.2, 0.25) is 5.15 Å². The summed E-state index contributed by atoms with van der Waals surface area (Å²) in [6, 6.07) is 7.36. The minimum absolute atomic E-state index is 0.0214. The Bertz CT molecular complexity index is 1020. The molecule has 3 aromatic rings. The molecule has 0 spiro atoms. The molecule has 124 valence electrons. The number of hydrogen-bond acceptors (Lipinski definition) is 5. The lowest BCUT2D eigenvalue weighted by Crippen LogP contribution is -2.03. The highest BCUT2D eigenvalue weighted by molar-refractivity contribution is 6.30. The Morgan fingerprint density at radius 2 is 2.00 bits per heavy atom. The van der Waals surface area contributed by atoms with Crippen molar-refractivity contribution in [3.63, 3.8) is 0 Å². The molecule has 0 amide bonds. The van der Waals surface area contributed by atoms with E-state index in [-0.39, 0.29) is 11.5 Å². The van der Waals surface area contributed by atoms with E-state index in [9.17, 15) is 10.1 Å². The molecule has 0 aliphatic heterocycles. The van der Waals surface area contributed by atoms with Crippen molar-refractivity contribution in [2.24, 2.45) is 0 Å². The summed E-state index contributed by atoms with van der Waals surface area (Å²) in [7, 11) is 0. The van der Waals surface area contributed by atoms with Gasteiger partial charge in [-0.05, 0) is 31.0 Å². The maximum absolute atomic E-state index is 12.0. The van der Waals surface area contributed by atoms with Crippen LogP contribution in [-0.4, -0.2) is 20.7 Å². The first kappa shape index (κ1) is 17.0. The number of carbonyl (C=O) groups excluding carboxylic acids is 1. The number of hydrogen-bond donors (Lipinski definition) is 0. The van der Waals surface area contributed by atoms with E-state index in [4.69, 9.17) is 11.6 Å². The molecule has 0 bridgehead atoms. The third kappa shape index (κ3) is 3.35. The molecule has 0 saturated heterocycles. The monoisotopic (exact) mass is 350 g/mol. The van der Waals surface area contributed by atoms with Crippen molar-refractivity contribution in [1.82, 2.24) is 15.0 Å². The molecule has 0 atom stereocenters. The molecule has 25 heavy (non-hydrogen) atoms. The van der Waals surface area contributed by atoms with Crippen molar-refractivity contribution in [2.45, 2.75) is 26.7 Å². The van der Waals surface area contributed by atoms with Gasteiger partial charge < -0.3 is 0 Å². The van der Waals surface area contributed by atoms with Crippen LogP contribution in [0, 0.1) is 18.3 Å². The average molecular weight is 351 g/mol. The second-order valence-corrected chi connectivity index (χ2v) is 6.14. The number of ketones is 1. The Kier molecular flexibility index (Phi) is 4.73. The molecule has 0 aliphatic rings. The first-order valence-electron chi connectivity index (χ1n) is 7.90. The molecule has 5 nitrogen and oxygen atoms in total. The zero-order chi connectivity index (χ0) is 18.0. The summed E-state index contributed by atoms with van der Waals surface area (Å²) in [6.45, 7) is 3.85. The van der Waals surface area contributed by atoms with Crippen molar-refractivity contribution in [3.8, 4) is 17.2 Å². The number of carbonyl (C=O) groups is 1. The van der Waals surface area contributed by atoms with Crippen LogP contribution < -0.4 is 0 Å². The van der Waals surface area contributed by atoms with Gasteiger partial charge in [0.1, 0.15) is 22.6 Å². The smallest absolute Gasteiger partial charge is 0.181 e. The second kappa shape index (κ2) is 6.96. The van der Waals surface area contributed by atoms with E-state index in [1.165, 1.54) is 0 Å². The Balaban J connectivity index is 2.14. The summed E-state index contributed by atoms with van der Waals surface area (Å²) >= 11 is 5.89. The number of aryl methyl sites for hydroxylation is 1. The van der Waals surface area contributed by atoms with Crippen molar-refractivity contribution in [2.75, 3.05) is 0 Å². The quantitative estimate of drug-likeness (QED) is 0.511. The van der Waals surface area contributed by atoms with Gasteiger partial charge in [-0.25, -0.2) is 9.97 Å². The summed E-state index contributed by atoms with van der Waals surface area (Å²) in [5.74, 6) is 0.0214. The fourth-order valence-corrected chi connectivity index (χ4v) is 2.83. The average Bonchev–Trinajstić information content (AvgIpc) is 2.60. The van der Waals surface area contributed by atoms with Crippen LogP contribution in [0.25, 0.3) is 22.0 Å². The minimum atomic E-state index is 0.0214. The lowest BCUT2D eigenvalue weighted by molar-refractivity contribution is 0.0977. The van der Waals surface area contributed by atoms with Gasteiger partial charge in [-0.2, -0.15) is 5.26 Å². The predicted octanol–water partition coefficient (Wildman–Crippen LogP) is 4.51. The van der Waals surface area contributed by atoms with Crippen LogP contribution in [0.1, 0.15) is 41.5 Å². The normalized spacial score (nSPS) is 10.6. The molecule has 3 rings (SSSR count). The molecule has 6 heteroatoms. The van der Waals surface area contributed by atoms with Gasteiger partial charge in [0.2, 0.25) is 0 Å². The van der Waals surface area contributed by atoms with Crippen LogP contribution in [0.15, 0.2) is 30.6 Å². The Hall–Kier alpha value is -2.84. The van der Waals surface area contributed by atoms with Crippen molar-refractivity contribution in [3.05, 3.63) is 52.7 Å². The molecule has 3 aromatic heterocycles. The highest BCUT2D eigenvalue weighted by Gasteiger charge is 2.14. The summed E-state index contributed by atoms with van der Waals surface area (Å²) in [6.07, 6.45) is 4.51. The molecule has 0 saturated carbocycles. The van der Waals surface area contributed by atoms with E-state index in [1.54, 1.807) is 24.5 Å². The predicted molar refractivity (Wildman–Crippen MR) is 96.5 cm³/mol. The lowest BCUT2D eigenvalue weighted by atomic mass is 9.98. The fraction of sp³-hybridized carbons (Fsp3) is 0.211. The molecule has 0 radical (unpaired) electrons. The van der Waals surface area contributed by atoms with Crippen LogP contribution >= 0.6 is 11.6 Å². The fourth-order valence-electron chi connectivity index (χ4n) is 2.68. The maximum atomic E-state index is 12.0. The topological polar surface area (TPSA) is 79.5 Å². The summed E-state index contributed by atoms with van der Waals surface area (Å²) in [5.41, 5.74) is 3.65. The highest BCUT2D eigenvalue weighted by atomic mass is 35.5. The maximum Gasteiger partial charge on any atom is 0.181 e. The van der Waals surface area contributed by atoms with E-state index in [0.717, 1.165) is 22.9 Å². The molecule has 0 aromatic carbocycles. The summed E-state index contributed by atoms with van der Waals surface area (Å²) in [4.78, 5) is 24.7. The van der Waals surface area contributed by atoms with Gasteiger partial charge in [0.25, 0.3) is 0 Å². The van der Waals surface area contributed by atoms with Gasteiger partial charge in [0.15, 0.2) is 5.78 Å². The summed E-state index contributed by atoms with van der Waals surface area (Å²) in [5, 5.41) is 10.6. The van der Waals surface area contributed by atoms with E-state index in [1.807, 2.05) is 19.9 Å². The van der Waals surface area contributed by atoms with Gasteiger partial charge in [-0.3, -0.25) is 9.78 Å². The van der Waals surface area contributed by atoms with E-state index in [0.29, 0.717) is 28.3 Å². The van der Waals surface area contributed by atoms with Crippen molar-refractivity contribution < 1.29 is 4.79 Å². The van der Waals surface area contributed by atoms with Crippen molar-refractivity contribution >= 4 is 28.3 Å². The SMILES string of the molecule is CCCC(=O)c1cc(C)c(-c2cc3cnc(Cl)cc3nc2C#N)cn1. The zero-order valence-corrected chi connectivity index (χ0v) is 14.6. The van der Waals surface area contributed by atoms with E-state index >= 15 is 0 Å². The van der Waals surface area contributed by atoms with E-state index < -0.39 is 0 Å². The van der Waals surface area contributed by atoms with Crippen LogP contribution in [-0.2, 0) is 0 Å². The highest BCUT2D eigenvalue weighted by Crippen LogP contribution is 2.29. The molecule has 0 fully saturated rings. The number of Topliss-reactive ketones (excluding diaryl/α,β-unsaturated/α-hetero) is 1. The Morgan fingerprint density at radius 3 is 2.68 bits per heavy atom. The minimum Gasteiger partial charge on any atom is -0.292 e. The van der Waals surface area contributed by atoms with Gasteiger partial charge in [0, 0.05) is 41.4 Å². The second-order valence-electron chi connectivity index (χ2n) is 5.75. The number of rotatable bonds is 4. The number of aromatic nitrogens is 3. The molecular formula is C19H15ClN4O. The molecule has 0 aliphatic carbocycles. The van der Waals surface area contributed by atoms with Gasteiger partial charge in [0.05, 0.1) is 5.52 Å². The van der Waals surface area contributed by atoms with Crippen LogP contribution in [0.4, 0.5) is 0 Å².